The Balaban J connectivity index is 1.38. The quantitative estimate of drug-likeness (QED) is 0.304. The summed E-state index contributed by atoms with van der Waals surface area (Å²) in [6, 6.07) is 12.9. The predicted molar refractivity (Wildman–Crippen MR) is 149 cm³/mol. The van der Waals surface area contributed by atoms with Crippen molar-refractivity contribution < 1.29 is 27.2 Å². The monoisotopic (exact) mass is 564 g/mol. The van der Waals surface area contributed by atoms with Gasteiger partial charge in [0.05, 0.1) is 12.1 Å². The molecule has 2 aromatic heterocycles. The van der Waals surface area contributed by atoms with Crippen LogP contribution >= 0.6 is 0 Å². The number of amides is 1. The van der Waals surface area contributed by atoms with Gasteiger partial charge < -0.3 is 14.1 Å². The van der Waals surface area contributed by atoms with Gasteiger partial charge in [0.15, 0.2) is 11.5 Å². The summed E-state index contributed by atoms with van der Waals surface area (Å²) in [5.74, 6) is -0.0576. The van der Waals surface area contributed by atoms with Crippen LogP contribution in [0, 0.1) is 12.8 Å². The van der Waals surface area contributed by atoms with Gasteiger partial charge in [0.1, 0.15) is 16.5 Å². The number of nitrogens with zero attached hydrogens (tertiary/aromatic N) is 3. The van der Waals surface area contributed by atoms with Crippen molar-refractivity contribution in [3.8, 4) is 0 Å². The highest BCUT2D eigenvalue weighted by atomic mass is 32.2. The molecule has 5 rings (SSSR count). The molecule has 210 valence electrons. The van der Waals surface area contributed by atoms with Crippen molar-refractivity contribution in [1.82, 2.24) is 19.6 Å². The molecule has 1 aliphatic heterocycles. The number of rotatable bonds is 9. The average molecular weight is 565 g/mol. The molecule has 0 aliphatic carbocycles. The summed E-state index contributed by atoms with van der Waals surface area (Å²) in [6.45, 7) is 4.58. The van der Waals surface area contributed by atoms with E-state index in [-0.39, 0.29) is 29.1 Å². The highest BCUT2D eigenvalue weighted by Crippen LogP contribution is 2.25. The number of piperidine rings is 1. The SMILES string of the molecule is CC(=O)OCCC1CCN(C(=O)C(Cc2nc3ccccc3o2)NS(=O)(=O)c2cccc3cc(C)cnc23)CC1. The molecule has 3 heterocycles. The van der Waals surface area contributed by atoms with Crippen molar-refractivity contribution >= 4 is 43.9 Å². The van der Waals surface area contributed by atoms with Gasteiger partial charge in [-0.15, -0.1) is 0 Å². The highest BCUT2D eigenvalue weighted by Gasteiger charge is 2.33. The lowest BCUT2D eigenvalue weighted by Crippen LogP contribution is -2.51. The molecule has 1 unspecified atom stereocenters. The molecular weight excluding hydrogens is 532 g/mol. The van der Waals surface area contributed by atoms with Crippen LogP contribution in [0.15, 0.2) is 64.0 Å². The third-order valence-corrected chi connectivity index (χ3v) is 8.67. The normalized spacial score (nSPS) is 15.4. The number of pyridine rings is 1. The van der Waals surface area contributed by atoms with Crippen LogP contribution in [0.25, 0.3) is 22.0 Å². The van der Waals surface area contributed by atoms with E-state index in [1.807, 2.05) is 25.1 Å². The molecule has 0 spiro atoms. The van der Waals surface area contributed by atoms with E-state index in [0.717, 1.165) is 24.8 Å². The van der Waals surface area contributed by atoms with E-state index >= 15 is 0 Å². The maximum Gasteiger partial charge on any atom is 0.302 e. The van der Waals surface area contributed by atoms with Crippen molar-refractivity contribution in [2.45, 2.75) is 50.5 Å². The molecule has 1 fully saturated rings. The van der Waals surface area contributed by atoms with Crippen molar-refractivity contribution in [2.24, 2.45) is 5.92 Å². The topological polar surface area (TPSA) is 132 Å². The van der Waals surface area contributed by atoms with Crippen LogP contribution in [0.5, 0.6) is 0 Å². The van der Waals surface area contributed by atoms with Crippen LogP contribution in [-0.2, 0) is 30.8 Å². The zero-order valence-electron chi connectivity index (χ0n) is 22.5. The number of nitrogens with one attached hydrogen (secondary N) is 1. The first-order valence-corrected chi connectivity index (χ1v) is 14.8. The molecule has 2 aromatic carbocycles. The number of ether oxygens (including phenoxy) is 1. The molecule has 40 heavy (non-hydrogen) atoms. The number of fused-ring (bicyclic) bond motifs is 2. The number of sulfonamides is 1. The van der Waals surface area contributed by atoms with Gasteiger partial charge in [-0.3, -0.25) is 14.6 Å². The van der Waals surface area contributed by atoms with Crippen LogP contribution in [0.1, 0.15) is 37.6 Å². The molecule has 1 amide bonds. The fourth-order valence-electron chi connectivity index (χ4n) is 5.10. The highest BCUT2D eigenvalue weighted by molar-refractivity contribution is 7.89. The van der Waals surface area contributed by atoms with Gasteiger partial charge in [-0.25, -0.2) is 13.4 Å². The largest absolute Gasteiger partial charge is 0.466 e. The third kappa shape index (κ3) is 6.31. The Kier molecular flexibility index (Phi) is 8.13. The fourth-order valence-corrected chi connectivity index (χ4v) is 6.47. The summed E-state index contributed by atoms with van der Waals surface area (Å²) in [4.78, 5) is 35.4. The Labute approximate surface area is 232 Å². The van der Waals surface area contributed by atoms with E-state index in [9.17, 15) is 18.0 Å². The summed E-state index contributed by atoms with van der Waals surface area (Å²) in [7, 11) is -4.14. The summed E-state index contributed by atoms with van der Waals surface area (Å²) in [5.41, 5.74) is 2.44. The van der Waals surface area contributed by atoms with Gasteiger partial charge in [0.2, 0.25) is 15.9 Å². The smallest absolute Gasteiger partial charge is 0.302 e. The first kappa shape index (κ1) is 27.7. The first-order valence-electron chi connectivity index (χ1n) is 13.3. The molecule has 0 radical (unpaired) electrons. The summed E-state index contributed by atoms with van der Waals surface area (Å²) in [6.07, 6.45) is 3.78. The van der Waals surface area contributed by atoms with E-state index < -0.39 is 16.1 Å². The molecule has 4 aromatic rings. The number of likely N-dealkylation sites (tertiary alicyclic amines) is 1. The maximum atomic E-state index is 13.8. The summed E-state index contributed by atoms with van der Waals surface area (Å²) >= 11 is 0. The number of hydrogen-bond acceptors (Lipinski definition) is 8. The van der Waals surface area contributed by atoms with Crippen molar-refractivity contribution in [3.05, 3.63) is 66.2 Å². The number of hydrogen-bond donors (Lipinski definition) is 1. The minimum absolute atomic E-state index is 0.00421. The van der Waals surface area contributed by atoms with E-state index in [0.29, 0.717) is 47.6 Å². The second-order valence-corrected chi connectivity index (χ2v) is 11.9. The number of oxazole rings is 1. The molecule has 11 heteroatoms. The van der Waals surface area contributed by atoms with E-state index in [2.05, 4.69) is 14.7 Å². The van der Waals surface area contributed by atoms with Gasteiger partial charge in [-0.05, 0) is 61.9 Å². The fraction of sp³-hybridized carbons (Fsp3) is 0.379. The van der Waals surface area contributed by atoms with Crippen LogP contribution in [0.2, 0.25) is 0 Å². The lowest BCUT2D eigenvalue weighted by molar-refractivity contribution is -0.141. The molecule has 0 bridgehead atoms. The number of aromatic nitrogens is 2. The lowest BCUT2D eigenvalue weighted by atomic mass is 9.93. The molecular formula is C29H32N4O6S. The van der Waals surface area contributed by atoms with E-state index in [4.69, 9.17) is 9.15 Å². The van der Waals surface area contributed by atoms with Gasteiger partial charge in [0, 0.05) is 38.0 Å². The zero-order chi connectivity index (χ0) is 28.3. The van der Waals surface area contributed by atoms with Crippen LogP contribution in [-0.4, -0.2) is 60.9 Å². The first-order chi connectivity index (χ1) is 19.2. The van der Waals surface area contributed by atoms with Gasteiger partial charge >= 0.3 is 5.97 Å². The zero-order valence-corrected chi connectivity index (χ0v) is 23.3. The molecule has 10 nitrogen and oxygen atoms in total. The number of benzene rings is 2. The predicted octanol–water partition coefficient (Wildman–Crippen LogP) is 3.77. The Morgan fingerprint density at radius 2 is 1.93 bits per heavy atom. The Morgan fingerprint density at radius 3 is 2.67 bits per heavy atom. The molecule has 1 atom stereocenters. The van der Waals surface area contributed by atoms with Crippen LogP contribution < -0.4 is 4.72 Å². The van der Waals surface area contributed by atoms with Crippen LogP contribution in [0.4, 0.5) is 0 Å². The number of carbonyl (C=O) groups excluding carboxylic acids is 2. The van der Waals surface area contributed by atoms with Crippen molar-refractivity contribution in [2.75, 3.05) is 19.7 Å². The molecule has 1 aliphatic rings. The Morgan fingerprint density at radius 1 is 1.15 bits per heavy atom. The van der Waals surface area contributed by atoms with Gasteiger partial charge in [0.25, 0.3) is 0 Å². The molecule has 1 saturated heterocycles. The molecule has 0 saturated carbocycles. The van der Waals surface area contributed by atoms with Crippen molar-refractivity contribution in [3.63, 3.8) is 0 Å². The van der Waals surface area contributed by atoms with Gasteiger partial charge in [-0.2, -0.15) is 4.72 Å². The van der Waals surface area contributed by atoms with E-state index in [1.165, 1.54) is 13.0 Å². The second kappa shape index (κ2) is 11.7. The minimum atomic E-state index is -4.14. The van der Waals surface area contributed by atoms with E-state index in [1.54, 1.807) is 35.4 Å². The Hall–Kier alpha value is -3.83. The number of carbonyl (C=O) groups is 2. The average Bonchev–Trinajstić information content (AvgIpc) is 3.34. The minimum Gasteiger partial charge on any atom is -0.466 e. The number of para-hydroxylation sites is 3. The number of esters is 1. The number of aryl methyl sites for hydroxylation is 1. The lowest BCUT2D eigenvalue weighted by Gasteiger charge is -2.34. The molecule has 1 N–H and O–H groups in total. The van der Waals surface area contributed by atoms with Crippen LogP contribution in [0.3, 0.4) is 0 Å². The van der Waals surface area contributed by atoms with Crippen molar-refractivity contribution in [1.29, 1.82) is 0 Å². The third-order valence-electron chi connectivity index (χ3n) is 7.17. The summed E-state index contributed by atoms with van der Waals surface area (Å²) < 4.78 is 41.0. The second-order valence-electron chi connectivity index (χ2n) is 10.2. The summed E-state index contributed by atoms with van der Waals surface area (Å²) in [5, 5.41) is 0.695. The van der Waals surface area contributed by atoms with Gasteiger partial charge in [-0.1, -0.05) is 24.3 Å². The maximum absolute atomic E-state index is 13.8. The standard InChI is InChI=1S/C29H32N4O6S/c1-19-16-22-6-5-9-26(28(22)30-18-19)40(36,37)32-24(17-27-31-23-7-3-4-8-25(23)39-27)29(35)33-13-10-21(11-14-33)12-15-38-20(2)34/h3-9,16,18,21,24,32H,10-15,17H2,1-2H3. The Bertz CT molecular complexity index is 1610.